The Hall–Kier alpha value is -8.30. The summed E-state index contributed by atoms with van der Waals surface area (Å²) in [6.45, 7) is 6.76. The molecule has 8 aromatic heterocycles. The Morgan fingerprint density at radius 2 is 0.866 bits per heavy atom. The molecule has 0 saturated carbocycles. The first-order valence-corrected chi connectivity index (χ1v) is 22.6. The maximum atomic E-state index is 5.29. The molecule has 13 rings (SSSR count). The zero-order valence-corrected chi connectivity index (χ0v) is 37.4. The molecule has 9 heteroatoms. The molecule has 10 aromatic rings. The van der Waals surface area contributed by atoms with Gasteiger partial charge in [0.1, 0.15) is 0 Å². The van der Waals surface area contributed by atoms with Gasteiger partial charge in [-0.1, -0.05) is 63.2 Å². The average Bonchev–Trinajstić information content (AvgIpc) is 4.11. The van der Waals surface area contributed by atoms with Crippen molar-refractivity contribution >= 4 is 0 Å². The fraction of sp³-hybridized carbons (Fsp3) is 0.138. The van der Waals surface area contributed by atoms with Crippen molar-refractivity contribution in [3.63, 3.8) is 0 Å². The molecule has 9 nitrogen and oxygen atoms in total. The maximum Gasteiger partial charge on any atom is 0.204 e. The Morgan fingerprint density at radius 3 is 1.31 bits per heavy atom. The third-order valence-electron chi connectivity index (χ3n) is 14.7. The molecule has 320 valence electrons. The molecule has 0 fully saturated rings. The highest BCUT2D eigenvalue weighted by Crippen LogP contribution is 2.60. The van der Waals surface area contributed by atoms with Crippen molar-refractivity contribution in [1.29, 1.82) is 0 Å². The Balaban J connectivity index is 1.13. The number of hydrogen-bond donors (Lipinski definition) is 0. The van der Waals surface area contributed by atoms with E-state index >= 15 is 0 Å². The van der Waals surface area contributed by atoms with Crippen molar-refractivity contribution in [2.45, 2.75) is 42.6 Å². The van der Waals surface area contributed by atoms with Gasteiger partial charge in [0, 0.05) is 97.2 Å². The van der Waals surface area contributed by atoms with Gasteiger partial charge in [0.15, 0.2) is 5.54 Å². The third kappa shape index (κ3) is 5.14. The van der Waals surface area contributed by atoms with Gasteiger partial charge in [-0.25, -0.2) is 0 Å². The number of benzene rings is 2. The molecule has 0 spiro atoms. The Bertz CT molecular complexity index is 3500. The Labute approximate surface area is 388 Å². The first-order chi connectivity index (χ1) is 32.8. The van der Waals surface area contributed by atoms with Crippen LogP contribution in [0.1, 0.15) is 87.7 Å². The predicted octanol–water partition coefficient (Wildman–Crippen LogP) is 9.72. The fourth-order valence-corrected chi connectivity index (χ4v) is 11.9. The van der Waals surface area contributed by atoms with Crippen LogP contribution in [0, 0.1) is 6.33 Å². The maximum absolute atomic E-state index is 5.29. The number of aromatic nitrogens is 9. The molecule has 0 unspecified atom stereocenters. The van der Waals surface area contributed by atoms with Crippen molar-refractivity contribution in [2.24, 2.45) is 7.05 Å². The number of aryl methyl sites for hydroxylation is 1. The first kappa shape index (κ1) is 39.1. The lowest BCUT2D eigenvalue weighted by Crippen LogP contribution is -2.38. The van der Waals surface area contributed by atoms with E-state index in [4.69, 9.17) is 34.9 Å². The van der Waals surface area contributed by atoms with Gasteiger partial charge in [0.05, 0.1) is 23.6 Å². The van der Waals surface area contributed by atoms with Crippen LogP contribution < -0.4 is 4.57 Å². The van der Waals surface area contributed by atoms with E-state index in [2.05, 4.69) is 147 Å². The molecule has 0 atom stereocenters. The quantitative estimate of drug-likeness (QED) is 0.121. The Kier molecular flexibility index (Phi) is 8.23. The van der Waals surface area contributed by atoms with Crippen LogP contribution in [0.2, 0.25) is 0 Å². The lowest BCUT2D eigenvalue weighted by Gasteiger charge is -2.38. The van der Waals surface area contributed by atoms with E-state index in [1.165, 1.54) is 5.56 Å². The average molecular weight is 866 g/mol. The van der Waals surface area contributed by atoms with E-state index in [1.807, 2.05) is 86.0 Å². The summed E-state index contributed by atoms with van der Waals surface area (Å²) in [4.78, 5) is 34.2. The van der Waals surface area contributed by atoms with Crippen molar-refractivity contribution in [1.82, 2.24) is 39.5 Å². The van der Waals surface area contributed by atoms with E-state index in [0.29, 0.717) is 0 Å². The molecule has 0 amide bonds. The molecule has 0 N–H and O–H groups in total. The summed E-state index contributed by atoms with van der Waals surface area (Å²) >= 11 is 0. The highest BCUT2D eigenvalue weighted by atomic mass is 15.2. The molecule has 0 radical (unpaired) electrons. The van der Waals surface area contributed by atoms with E-state index in [1.54, 1.807) is 0 Å². The summed E-state index contributed by atoms with van der Waals surface area (Å²) in [6.07, 6.45) is 33.2. The number of nitrogens with zero attached hydrogens (tertiary/aromatic N) is 9. The molecule has 2 aromatic carbocycles. The van der Waals surface area contributed by atoms with Gasteiger partial charge >= 0.3 is 0 Å². The largest absolute Gasteiger partial charge is 0.354 e. The molecule has 0 saturated heterocycles. The summed E-state index contributed by atoms with van der Waals surface area (Å²) in [7, 11) is 2.01. The van der Waals surface area contributed by atoms with Gasteiger partial charge in [0.2, 0.25) is 6.33 Å². The molecular formula is C58H43N9. The lowest BCUT2D eigenvalue weighted by molar-refractivity contribution is -0.675. The molecule has 0 aliphatic heterocycles. The normalized spacial score (nSPS) is 15.2. The second kappa shape index (κ2) is 14.1. The summed E-state index contributed by atoms with van der Waals surface area (Å²) in [5.74, 6) is 0. The summed E-state index contributed by atoms with van der Waals surface area (Å²) < 4.78 is 4.16. The minimum absolute atomic E-state index is 0.124. The van der Waals surface area contributed by atoms with Crippen LogP contribution in [0.15, 0.2) is 190 Å². The van der Waals surface area contributed by atoms with Crippen molar-refractivity contribution in [2.75, 3.05) is 0 Å². The Morgan fingerprint density at radius 1 is 0.463 bits per heavy atom. The number of fused-ring (bicyclic) bond motifs is 9. The van der Waals surface area contributed by atoms with Crippen LogP contribution in [0.3, 0.4) is 0 Å². The number of hydrogen-bond acceptors (Lipinski definition) is 7. The smallest absolute Gasteiger partial charge is 0.204 e. The van der Waals surface area contributed by atoms with E-state index in [-0.39, 0.29) is 5.41 Å². The number of pyridine rings is 7. The van der Waals surface area contributed by atoms with Gasteiger partial charge < -0.3 is 9.13 Å². The van der Waals surface area contributed by atoms with Gasteiger partial charge in [-0.3, -0.25) is 34.9 Å². The van der Waals surface area contributed by atoms with Gasteiger partial charge in [-0.2, -0.15) is 0 Å². The van der Waals surface area contributed by atoms with Crippen molar-refractivity contribution < 1.29 is 4.57 Å². The first-order valence-electron chi connectivity index (χ1n) is 22.6. The van der Waals surface area contributed by atoms with Crippen LogP contribution in [-0.4, -0.2) is 39.5 Å². The monoisotopic (exact) mass is 865 g/mol. The standard InChI is InChI=1S/C58H43N9/c1-55(2,3)37-11-24-65-54(29-37)57(50-32-61-20-14-44(50)45-15-21-62-33-51(45)57)40-9-5-7-38(27-40)56(48-30-59-18-12-42(48)43-13-19-60-31-49(43)56)39-8-6-10-41(28-39)58(67-26-25-66(4)36-67)52-34-63-22-16-46(52)47-17-23-64-35-53(47)58/h5-35H,1-4H3. The molecule has 3 aliphatic carbocycles. The summed E-state index contributed by atoms with van der Waals surface area (Å²) in [5, 5.41) is 0. The van der Waals surface area contributed by atoms with E-state index in [0.717, 1.165) is 94.7 Å². The zero-order valence-electron chi connectivity index (χ0n) is 37.4. The van der Waals surface area contributed by atoms with Gasteiger partial charge in [-0.05, 0) is 150 Å². The molecule has 8 heterocycles. The van der Waals surface area contributed by atoms with E-state index in [9.17, 15) is 0 Å². The molecule has 3 aliphatic rings. The SMILES string of the molecule is C[n+]1[c-]n(C2(c3cccc(C4(c5cccc(C6(c7cc(C(C)(C)C)ccn7)c7cnccc7-c7ccncc76)c5)c5cnccc5-c5ccncc54)c3)c3cnccc3-c3ccncc32)cc1. The molecule has 0 bridgehead atoms. The van der Waals surface area contributed by atoms with Gasteiger partial charge in [0.25, 0.3) is 0 Å². The minimum atomic E-state index is -0.879. The van der Waals surface area contributed by atoms with E-state index < -0.39 is 16.4 Å². The van der Waals surface area contributed by atoms with Crippen LogP contribution in [-0.2, 0) is 28.8 Å². The number of rotatable bonds is 6. The number of imidazole rings is 1. The predicted molar refractivity (Wildman–Crippen MR) is 256 cm³/mol. The van der Waals surface area contributed by atoms with Gasteiger partial charge in [-0.15, -0.1) is 0 Å². The minimum Gasteiger partial charge on any atom is -0.354 e. The zero-order chi connectivity index (χ0) is 45.1. The van der Waals surface area contributed by atoms with Crippen molar-refractivity contribution in [3.05, 3.63) is 263 Å². The van der Waals surface area contributed by atoms with Crippen molar-refractivity contribution in [3.8, 4) is 33.4 Å². The molecular weight excluding hydrogens is 823 g/mol. The fourth-order valence-electron chi connectivity index (χ4n) is 11.9. The summed E-state index contributed by atoms with van der Waals surface area (Å²) in [6, 6.07) is 35.4. The highest BCUT2D eigenvalue weighted by molar-refractivity contribution is 5.88. The summed E-state index contributed by atoms with van der Waals surface area (Å²) in [5.41, 5.74) is 16.8. The lowest BCUT2D eigenvalue weighted by atomic mass is 9.64. The third-order valence-corrected chi connectivity index (χ3v) is 14.7. The second-order valence-electron chi connectivity index (χ2n) is 19.0. The topological polar surface area (TPSA) is 99.0 Å². The molecule has 67 heavy (non-hydrogen) atoms. The van der Waals surface area contributed by atoms with Crippen LogP contribution >= 0.6 is 0 Å². The highest BCUT2D eigenvalue weighted by Gasteiger charge is 2.53. The second-order valence-corrected chi connectivity index (χ2v) is 19.0. The van der Waals surface area contributed by atoms with Crippen LogP contribution in [0.5, 0.6) is 0 Å². The van der Waals surface area contributed by atoms with Crippen LogP contribution in [0.25, 0.3) is 33.4 Å². The van der Waals surface area contributed by atoms with Crippen LogP contribution in [0.4, 0.5) is 0 Å².